The number of aromatic hydroxyl groups is 1. The Hall–Kier alpha value is -2.36. The molecule has 0 atom stereocenters. The Kier molecular flexibility index (Phi) is 2.30. The number of nitrogens with one attached hydrogen (secondary N) is 1. The summed E-state index contributed by atoms with van der Waals surface area (Å²) in [5.74, 6) is 0.255. The molecule has 0 spiro atoms. The lowest BCUT2D eigenvalue weighted by molar-refractivity contribution is 0.480. The molecule has 2 heterocycles. The molecule has 0 aliphatic carbocycles. The molecule has 0 saturated carbocycles. The third-order valence-corrected chi connectivity index (χ3v) is 3.20. The van der Waals surface area contributed by atoms with E-state index >= 15 is 0 Å². The van der Waals surface area contributed by atoms with Gasteiger partial charge in [0.05, 0.1) is 5.52 Å². The number of hydrogen-bond donors (Lipinski definition) is 2. The molecule has 90 valence electrons. The number of benzene rings is 1. The number of aryl methyl sites for hydroxylation is 2. The van der Waals surface area contributed by atoms with E-state index < -0.39 is 0 Å². The van der Waals surface area contributed by atoms with Crippen LogP contribution in [-0.2, 0) is 0 Å². The van der Waals surface area contributed by atoms with E-state index in [9.17, 15) is 5.11 Å². The van der Waals surface area contributed by atoms with Crippen molar-refractivity contribution >= 4 is 10.9 Å². The first-order chi connectivity index (χ1) is 8.68. The molecule has 0 amide bonds. The molecule has 0 aliphatic rings. The predicted octanol–water partition coefficient (Wildman–Crippen LogP) is 2.95. The van der Waals surface area contributed by atoms with E-state index in [4.69, 9.17) is 0 Å². The Bertz CT molecular complexity index is 711. The van der Waals surface area contributed by atoms with Crippen molar-refractivity contribution < 1.29 is 5.11 Å². The van der Waals surface area contributed by atoms with Gasteiger partial charge in [-0.05, 0) is 37.6 Å². The molecule has 0 radical (unpaired) electrons. The fourth-order valence-corrected chi connectivity index (χ4v) is 2.34. The molecule has 3 aromatic rings. The van der Waals surface area contributed by atoms with Gasteiger partial charge in [0.2, 0.25) is 0 Å². The third-order valence-electron chi connectivity index (χ3n) is 3.20. The van der Waals surface area contributed by atoms with Crippen molar-refractivity contribution in [3.63, 3.8) is 0 Å². The second-order valence-electron chi connectivity index (χ2n) is 4.32. The van der Waals surface area contributed by atoms with Gasteiger partial charge in [-0.1, -0.05) is 0 Å². The van der Waals surface area contributed by atoms with E-state index in [1.54, 1.807) is 12.4 Å². The van der Waals surface area contributed by atoms with Crippen LogP contribution in [0.2, 0.25) is 0 Å². The summed E-state index contributed by atoms with van der Waals surface area (Å²) in [7, 11) is 0. The normalized spacial score (nSPS) is 11.0. The highest BCUT2D eigenvalue weighted by Crippen LogP contribution is 2.35. The van der Waals surface area contributed by atoms with E-state index in [2.05, 4.69) is 15.0 Å². The Morgan fingerprint density at radius 1 is 1.06 bits per heavy atom. The van der Waals surface area contributed by atoms with Crippen molar-refractivity contribution in [1.82, 2.24) is 15.0 Å². The molecule has 0 saturated heterocycles. The minimum absolute atomic E-state index is 0.255. The SMILES string of the molecule is Cc1ncnc(C)c1-c1ccc(O)c2[nH]ccc12. The second kappa shape index (κ2) is 3.84. The van der Waals surface area contributed by atoms with Crippen LogP contribution >= 0.6 is 0 Å². The minimum Gasteiger partial charge on any atom is -0.506 e. The molecule has 0 aliphatic heterocycles. The minimum atomic E-state index is 0.255. The lowest BCUT2D eigenvalue weighted by atomic mass is 9.99. The van der Waals surface area contributed by atoms with Crippen LogP contribution in [0, 0.1) is 13.8 Å². The largest absolute Gasteiger partial charge is 0.506 e. The van der Waals surface area contributed by atoms with Crippen LogP contribution < -0.4 is 0 Å². The zero-order valence-electron chi connectivity index (χ0n) is 10.2. The molecule has 0 bridgehead atoms. The summed E-state index contributed by atoms with van der Waals surface area (Å²) in [6, 6.07) is 5.56. The van der Waals surface area contributed by atoms with Crippen molar-refractivity contribution in [1.29, 1.82) is 0 Å². The first-order valence-electron chi connectivity index (χ1n) is 5.76. The summed E-state index contributed by atoms with van der Waals surface area (Å²) in [4.78, 5) is 11.5. The lowest BCUT2D eigenvalue weighted by Gasteiger charge is -2.10. The van der Waals surface area contributed by atoms with E-state index in [0.717, 1.165) is 33.4 Å². The molecule has 2 N–H and O–H groups in total. The molecule has 18 heavy (non-hydrogen) atoms. The Labute approximate surface area is 104 Å². The molecule has 0 fully saturated rings. The number of aromatic nitrogens is 3. The summed E-state index contributed by atoms with van der Waals surface area (Å²) >= 11 is 0. The van der Waals surface area contributed by atoms with Gasteiger partial charge < -0.3 is 10.1 Å². The second-order valence-corrected chi connectivity index (χ2v) is 4.32. The Morgan fingerprint density at radius 2 is 1.78 bits per heavy atom. The number of aromatic amines is 1. The number of nitrogens with zero attached hydrogens (tertiary/aromatic N) is 2. The monoisotopic (exact) mass is 239 g/mol. The zero-order chi connectivity index (χ0) is 12.7. The molecule has 4 nitrogen and oxygen atoms in total. The molecule has 1 aromatic carbocycles. The van der Waals surface area contributed by atoms with Crippen LogP contribution in [0.1, 0.15) is 11.4 Å². The predicted molar refractivity (Wildman–Crippen MR) is 70.5 cm³/mol. The van der Waals surface area contributed by atoms with Gasteiger partial charge in [0.1, 0.15) is 12.1 Å². The van der Waals surface area contributed by atoms with Crippen molar-refractivity contribution in [2.24, 2.45) is 0 Å². The van der Waals surface area contributed by atoms with Gasteiger partial charge in [0, 0.05) is 28.5 Å². The highest BCUT2D eigenvalue weighted by atomic mass is 16.3. The number of fused-ring (bicyclic) bond motifs is 1. The molecule has 0 unspecified atom stereocenters. The van der Waals surface area contributed by atoms with Gasteiger partial charge in [-0.2, -0.15) is 0 Å². The topological polar surface area (TPSA) is 61.8 Å². The van der Waals surface area contributed by atoms with Crippen molar-refractivity contribution in [3.8, 4) is 16.9 Å². The highest BCUT2D eigenvalue weighted by Gasteiger charge is 2.13. The summed E-state index contributed by atoms with van der Waals surface area (Å²) in [5, 5.41) is 10.8. The number of rotatable bonds is 1. The van der Waals surface area contributed by atoms with Crippen molar-refractivity contribution in [2.45, 2.75) is 13.8 Å². The fraction of sp³-hybridized carbons (Fsp3) is 0.143. The highest BCUT2D eigenvalue weighted by molar-refractivity contribution is 5.99. The van der Waals surface area contributed by atoms with E-state index in [1.165, 1.54) is 0 Å². The van der Waals surface area contributed by atoms with Gasteiger partial charge in [-0.15, -0.1) is 0 Å². The van der Waals surface area contributed by atoms with Crippen LogP contribution in [0.3, 0.4) is 0 Å². The maximum absolute atomic E-state index is 9.81. The Morgan fingerprint density at radius 3 is 2.50 bits per heavy atom. The van der Waals surface area contributed by atoms with Crippen molar-refractivity contribution in [3.05, 3.63) is 42.1 Å². The number of hydrogen-bond acceptors (Lipinski definition) is 3. The smallest absolute Gasteiger partial charge is 0.139 e. The van der Waals surface area contributed by atoms with Crippen LogP contribution in [0.4, 0.5) is 0 Å². The number of phenolic OH excluding ortho intramolecular Hbond substituents is 1. The van der Waals surface area contributed by atoms with Gasteiger partial charge >= 0.3 is 0 Å². The van der Waals surface area contributed by atoms with Crippen LogP contribution in [0.5, 0.6) is 5.75 Å². The maximum Gasteiger partial charge on any atom is 0.139 e. The third kappa shape index (κ3) is 1.46. The molecule has 2 aromatic heterocycles. The van der Waals surface area contributed by atoms with E-state index in [1.807, 2.05) is 32.2 Å². The van der Waals surface area contributed by atoms with E-state index in [-0.39, 0.29) is 5.75 Å². The average molecular weight is 239 g/mol. The molecular formula is C14H13N3O. The van der Waals surface area contributed by atoms with E-state index in [0.29, 0.717) is 0 Å². The van der Waals surface area contributed by atoms with Gasteiger partial charge in [-0.3, -0.25) is 0 Å². The van der Waals surface area contributed by atoms with Crippen LogP contribution in [0.15, 0.2) is 30.7 Å². The zero-order valence-corrected chi connectivity index (χ0v) is 10.2. The first kappa shape index (κ1) is 10.8. The van der Waals surface area contributed by atoms with Crippen LogP contribution in [0.25, 0.3) is 22.0 Å². The van der Waals surface area contributed by atoms with Gasteiger partial charge in [0.15, 0.2) is 0 Å². The Balaban J connectivity index is 2.39. The number of H-pyrrole nitrogens is 1. The average Bonchev–Trinajstić information content (AvgIpc) is 2.81. The number of phenols is 1. The first-order valence-corrected chi connectivity index (χ1v) is 5.76. The fourth-order valence-electron chi connectivity index (χ4n) is 2.34. The van der Waals surface area contributed by atoms with Crippen LogP contribution in [-0.4, -0.2) is 20.1 Å². The molecule has 4 heteroatoms. The van der Waals surface area contributed by atoms with Crippen molar-refractivity contribution in [2.75, 3.05) is 0 Å². The summed E-state index contributed by atoms with van der Waals surface area (Å²) in [5.41, 5.74) is 4.70. The summed E-state index contributed by atoms with van der Waals surface area (Å²) < 4.78 is 0. The quantitative estimate of drug-likeness (QED) is 0.686. The summed E-state index contributed by atoms with van der Waals surface area (Å²) in [6.45, 7) is 3.94. The standard InChI is InChI=1S/C14H13N3O/c1-8-13(9(2)17-7-16-8)10-3-4-12(18)14-11(10)5-6-15-14/h3-7,15,18H,1-2H3. The molecule has 3 rings (SSSR count). The maximum atomic E-state index is 9.81. The van der Waals surface area contributed by atoms with Gasteiger partial charge in [-0.25, -0.2) is 9.97 Å². The molecular weight excluding hydrogens is 226 g/mol. The van der Waals surface area contributed by atoms with Gasteiger partial charge in [0.25, 0.3) is 0 Å². The lowest BCUT2D eigenvalue weighted by Crippen LogP contribution is -1.95. The summed E-state index contributed by atoms with van der Waals surface area (Å²) in [6.07, 6.45) is 3.39.